The fourth-order valence-corrected chi connectivity index (χ4v) is 3.30. The van der Waals surface area contributed by atoms with E-state index in [1.807, 2.05) is 32.0 Å². The number of fused-ring (bicyclic) bond motifs is 1. The zero-order chi connectivity index (χ0) is 22.1. The van der Waals surface area contributed by atoms with Gasteiger partial charge in [0.05, 0.1) is 5.69 Å². The highest BCUT2D eigenvalue weighted by Gasteiger charge is 2.12. The van der Waals surface area contributed by atoms with Crippen LogP contribution in [0.15, 0.2) is 34.0 Å². The van der Waals surface area contributed by atoms with E-state index in [-0.39, 0.29) is 23.5 Å². The third-order valence-corrected chi connectivity index (χ3v) is 4.92. The van der Waals surface area contributed by atoms with Crippen molar-refractivity contribution in [1.82, 2.24) is 39.6 Å². The van der Waals surface area contributed by atoms with Crippen molar-refractivity contribution in [1.29, 1.82) is 0 Å². The Morgan fingerprint density at radius 2 is 2.00 bits per heavy atom. The molecule has 0 atom stereocenters. The van der Waals surface area contributed by atoms with Crippen molar-refractivity contribution in [3.05, 3.63) is 68.0 Å². The van der Waals surface area contributed by atoms with Crippen LogP contribution in [0.1, 0.15) is 29.2 Å². The molecule has 0 bridgehead atoms. The average molecular weight is 422 g/mol. The van der Waals surface area contributed by atoms with Gasteiger partial charge in [-0.3, -0.25) is 19.1 Å². The second-order valence-electron chi connectivity index (χ2n) is 7.34. The van der Waals surface area contributed by atoms with Gasteiger partial charge < -0.3 is 10.3 Å². The van der Waals surface area contributed by atoms with Gasteiger partial charge in [-0.25, -0.2) is 19.4 Å². The predicted octanol–water partition coefficient (Wildman–Crippen LogP) is 0.396. The molecule has 0 aliphatic heterocycles. The molecule has 31 heavy (non-hydrogen) atoms. The fraction of sp³-hybridized carbons (Fsp3) is 0.300. The molecule has 0 fully saturated rings. The average Bonchev–Trinajstić information content (AvgIpc) is 3.33. The highest BCUT2D eigenvalue weighted by atomic mass is 16.2. The summed E-state index contributed by atoms with van der Waals surface area (Å²) in [4.78, 5) is 49.5. The van der Waals surface area contributed by atoms with Crippen molar-refractivity contribution in [2.45, 2.75) is 33.2 Å². The Labute approximate surface area is 176 Å². The molecule has 0 saturated heterocycles. The molecular weight excluding hydrogens is 400 g/mol. The molecule has 11 heteroatoms. The Hall–Kier alpha value is -4.02. The van der Waals surface area contributed by atoms with E-state index in [0.29, 0.717) is 18.8 Å². The lowest BCUT2D eigenvalue weighted by molar-refractivity contribution is -0.121. The second-order valence-corrected chi connectivity index (χ2v) is 7.34. The maximum absolute atomic E-state index is 12.2. The number of hydrogen-bond donors (Lipinski definition) is 3. The Morgan fingerprint density at radius 1 is 1.19 bits per heavy atom. The number of aromatic nitrogens is 7. The molecule has 11 nitrogen and oxygen atoms in total. The Morgan fingerprint density at radius 3 is 2.68 bits per heavy atom. The molecule has 0 spiro atoms. The van der Waals surface area contributed by atoms with Crippen LogP contribution in [0.4, 0.5) is 0 Å². The molecule has 160 valence electrons. The predicted molar refractivity (Wildman–Crippen MR) is 113 cm³/mol. The summed E-state index contributed by atoms with van der Waals surface area (Å²) < 4.78 is 3.02. The number of nitrogens with zero attached hydrogens (tertiary/aromatic N) is 5. The topological polar surface area (TPSA) is 143 Å². The highest BCUT2D eigenvalue weighted by Crippen LogP contribution is 2.10. The lowest BCUT2D eigenvalue weighted by Crippen LogP contribution is -2.28. The van der Waals surface area contributed by atoms with Crippen molar-refractivity contribution in [2.75, 3.05) is 0 Å². The van der Waals surface area contributed by atoms with Crippen LogP contribution in [-0.4, -0.2) is 40.2 Å². The van der Waals surface area contributed by atoms with Gasteiger partial charge in [0, 0.05) is 38.3 Å². The van der Waals surface area contributed by atoms with Crippen molar-refractivity contribution < 1.29 is 4.79 Å². The Balaban J connectivity index is 1.34. The largest absolute Gasteiger partial charge is 0.352 e. The number of pyridine rings is 1. The molecule has 3 N–H and O–H groups in total. The minimum atomic E-state index is -0.536. The maximum Gasteiger partial charge on any atom is 0.329 e. The molecule has 4 heterocycles. The number of aromatic amines is 2. The van der Waals surface area contributed by atoms with Gasteiger partial charge in [-0.15, -0.1) is 0 Å². The molecule has 0 aromatic carbocycles. The third kappa shape index (κ3) is 4.15. The molecule has 4 aromatic rings. The van der Waals surface area contributed by atoms with E-state index >= 15 is 0 Å². The first kappa shape index (κ1) is 20.3. The van der Waals surface area contributed by atoms with Crippen molar-refractivity contribution in [3.8, 4) is 5.82 Å². The molecule has 0 saturated carbocycles. The quantitative estimate of drug-likeness (QED) is 0.410. The standard InChI is InChI=1S/C20H22N8O3/c1-11-8-12(2)28(26-11)15-6-4-13(9-21-15)10-22-16(29)7-5-14-23-17-18(24-14)27(3)20(31)25-19(17)30/h4,6,8-9H,5,7,10H2,1-3H3,(H,22,29)(H,23,24)(H,25,30,31). The number of amides is 1. The number of H-pyrrole nitrogens is 2. The normalized spacial score (nSPS) is 11.2. The summed E-state index contributed by atoms with van der Waals surface area (Å²) in [6.45, 7) is 4.24. The first-order valence-electron chi connectivity index (χ1n) is 9.75. The summed E-state index contributed by atoms with van der Waals surface area (Å²) in [5, 5.41) is 7.25. The summed E-state index contributed by atoms with van der Waals surface area (Å²) >= 11 is 0. The fourth-order valence-electron chi connectivity index (χ4n) is 3.30. The number of carbonyl (C=O) groups is 1. The molecule has 0 unspecified atom stereocenters. The highest BCUT2D eigenvalue weighted by molar-refractivity contribution is 5.76. The van der Waals surface area contributed by atoms with Gasteiger partial charge in [0.1, 0.15) is 11.3 Å². The zero-order valence-corrected chi connectivity index (χ0v) is 17.4. The molecule has 4 aromatic heterocycles. The molecular formula is C20H22N8O3. The van der Waals surface area contributed by atoms with Crippen LogP contribution in [0, 0.1) is 13.8 Å². The van der Waals surface area contributed by atoms with Crippen LogP contribution in [0.5, 0.6) is 0 Å². The number of nitrogens with one attached hydrogen (secondary N) is 3. The summed E-state index contributed by atoms with van der Waals surface area (Å²) in [7, 11) is 1.52. The summed E-state index contributed by atoms with van der Waals surface area (Å²) in [6, 6.07) is 5.73. The number of rotatable bonds is 6. The van der Waals surface area contributed by atoms with Crippen LogP contribution in [-0.2, 0) is 24.8 Å². The van der Waals surface area contributed by atoms with Gasteiger partial charge in [-0.05, 0) is 31.5 Å². The van der Waals surface area contributed by atoms with Gasteiger partial charge in [0.2, 0.25) is 5.91 Å². The van der Waals surface area contributed by atoms with Crippen LogP contribution in [0.25, 0.3) is 17.0 Å². The molecule has 4 rings (SSSR count). The van der Waals surface area contributed by atoms with E-state index in [2.05, 4.69) is 30.4 Å². The number of imidazole rings is 1. The van der Waals surface area contributed by atoms with E-state index in [1.165, 1.54) is 11.6 Å². The van der Waals surface area contributed by atoms with E-state index in [1.54, 1.807) is 10.9 Å². The van der Waals surface area contributed by atoms with Gasteiger partial charge >= 0.3 is 5.69 Å². The lowest BCUT2D eigenvalue weighted by atomic mass is 10.2. The lowest BCUT2D eigenvalue weighted by Gasteiger charge is -2.07. The van der Waals surface area contributed by atoms with Crippen molar-refractivity contribution in [2.24, 2.45) is 7.05 Å². The second kappa shape index (κ2) is 8.01. The van der Waals surface area contributed by atoms with E-state index in [4.69, 9.17) is 0 Å². The molecule has 0 aliphatic carbocycles. The van der Waals surface area contributed by atoms with Crippen molar-refractivity contribution >= 4 is 17.1 Å². The van der Waals surface area contributed by atoms with Gasteiger partial charge in [-0.1, -0.05) is 6.07 Å². The Kier molecular flexibility index (Phi) is 5.24. The van der Waals surface area contributed by atoms with Crippen LogP contribution < -0.4 is 16.6 Å². The minimum Gasteiger partial charge on any atom is -0.352 e. The number of aryl methyl sites for hydroxylation is 4. The number of carbonyl (C=O) groups excluding carboxylic acids is 1. The first-order chi connectivity index (χ1) is 14.8. The molecule has 0 aliphatic rings. The summed E-state index contributed by atoms with van der Waals surface area (Å²) in [6.07, 6.45) is 2.20. The van der Waals surface area contributed by atoms with Crippen LogP contribution in [0.3, 0.4) is 0 Å². The number of hydrogen-bond acceptors (Lipinski definition) is 6. The molecule has 1 amide bonds. The van der Waals surface area contributed by atoms with Crippen LogP contribution in [0.2, 0.25) is 0 Å². The van der Waals surface area contributed by atoms with E-state index < -0.39 is 11.2 Å². The Bertz CT molecular complexity index is 1370. The SMILES string of the molecule is Cc1cc(C)n(-c2ccc(CNC(=O)CCc3nc4c([nH]3)c(=O)[nH]c(=O)n4C)cn2)n1. The van der Waals surface area contributed by atoms with Crippen molar-refractivity contribution in [3.63, 3.8) is 0 Å². The monoisotopic (exact) mass is 422 g/mol. The minimum absolute atomic E-state index is 0.161. The van der Waals surface area contributed by atoms with Gasteiger partial charge in [-0.2, -0.15) is 5.10 Å². The summed E-state index contributed by atoms with van der Waals surface area (Å²) in [5.41, 5.74) is 2.20. The smallest absolute Gasteiger partial charge is 0.329 e. The van der Waals surface area contributed by atoms with Gasteiger partial charge in [0.15, 0.2) is 11.5 Å². The third-order valence-electron chi connectivity index (χ3n) is 4.92. The van der Waals surface area contributed by atoms with Crippen LogP contribution >= 0.6 is 0 Å². The van der Waals surface area contributed by atoms with Gasteiger partial charge in [0.25, 0.3) is 5.56 Å². The zero-order valence-electron chi connectivity index (χ0n) is 17.4. The van der Waals surface area contributed by atoms with E-state index in [0.717, 1.165) is 22.8 Å². The summed E-state index contributed by atoms with van der Waals surface area (Å²) in [5.74, 6) is 1.02. The van der Waals surface area contributed by atoms with E-state index in [9.17, 15) is 14.4 Å². The maximum atomic E-state index is 12.2. The molecule has 0 radical (unpaired) electrons. The first-order valence-corrected chi connectivity index (χ1v) is 9.75.